The van der Waals surface area contributed by atoms with E-state index in [0.29, 0.717) is 17.3 Å². The zero-order chi connectivity index (χ0) is 11.3. The summed E-state index contributed by atoms with van der Waals surface area (Å²) in [6, 6.07) is 5.43. The monoisotopic (exact) mass is 209 g/mol. The Balaban J connectivity index is 3.17. The smallest absolute Gasteiger partial charge is 0.142 e. The van der Waals surface area contributed by atoms with E-state index in [1.165, 1.54) is 0 Å². The number of aliphatic imine (C=N–C) groups is 1. The predicted octanol–water partition coefficient (Wildman–Crippen LogP) is 0.543. The Labute approximate surface area is 88.9 Å². The summed E-state index contributed by atoms with van der Waals surface area (Å²) in [6.45, 7) is 0. The second-order valence-corrected chi connectivity index (χ2v) is 2.82. The summed E-state index contributed by atoms with van der Waals surface area (Å²) in [7, 11) is 4.84. The van der Waals surface area contributed by atoms with Gasteiger partial charge in [0.05, 0.1) is 14.2 Å². The number of nitrogens with zero attached hydrogens (tertiary/aromatic N) is 1. The van der Waals surface area contributed by atoms with Crippen molar-refractivity contribution in [3.05, 3.63) is 23.8 Å². The molecule has 0 saturated heterocycles. The van der Waals surface area contributed by atoms with Crippen LogP contribution in [-0.4, -0.2) is 27.1 Å². The van der Waals surface area contributed by atoms with E-state index >= 15 is 0 Å². The van der Waals surface area contributed by atoms with Crippen molar-refractivity contribution in [2.24, 2.45) is 10.8 Å². The van der Waals surface area contributed by atoms with Gasteiger partial charge in [-0.15, -0.1) is 0 Å². The maximum absolute atomic E-state index is 5.34. The number of hydrazine groups is 1. The molecule has 0 aromatic heterocycles. The SMILES string of the molecule is CN=C(NN)c1cc(OC)cc(OC)c1. The van der Waals surface area contributed by atoms with E-state index < -0.39 is 0 Å². The van der Waals surface area contributed by atoms with Crippen LogP contribution in [0.5, 0.6) is 11.5 Å². The molecule has 5 nitrogen and oxygen atoms in total. The van der Waals surface area contributed by atoms with Crippen LogP contribution in [-0.2, 0) is 0 Å². The summed E-state index contributed by atoms with van der Waals surface area (Å²) in [5.41, 5.74) is 3.33. The van der Waals surface area contributed by atoms with E-state index in [4.69, 9.17) is 15.3 Å². The van der Waals surface area contributed by atoms with Crippen molar-refractivity contribution in [1.82, 2.24) is 5.43 Å². The maximum Gasteiger partial charge on any atom is 0.142 e. The number of amidine groups is 1. The molecule has 0 bridgehead atoms. The maximum atomic E-state index is 5.34. The number of hydrogen-bond acceptors (Lipinski definition) is 4. The minimum Gasteiger partial charge on any atom is -0.497 e. The molecule has 0 heterocycles. The second kappa shape index (κ2) is 5.21. The lowest BCUT2D eigenvalue weighted by atomic mass is 10.2. The Hall–Kier alpha value is -1.75. The van der Waals surface area contributed by atoms with Gasteiger partial charge in [0.25, 0.3) is 0 Å². The fourth-order valence-corrected chi connectivity index (χ4v) is 1.22. The van der Waals surface area contributed by atoms with Crippen molar-refractivity contribution in [1.29, 1.82) is 0 Å². The molecule has 5 heteroatoms. The molecule has 1 aromatic rings. The molecule has 0 aliphatic rings. The first-order valence-electron chi connectivity index (χ1n) is 4.42. The molecule has 0 atom stereocenters. The molecule has 1 rings (SSSR count). The van der Waals surface area contributed by atoms with Crippen LogP contribution < -0.4 is 20.7 Å². The second-order valence-electron chi connectivity index (χ2n) is 2.82. The van der Waals surface area contributed by atoms with Crippen LogP contribution in [0.2, 0.25) is 0 Å². The highest BCUT2D eigenvalue weighted by molar-refractivity contribution is 5.99. The largest absolute Gasteiger partial charge is 0.497 e. The zero-order valence-corrected chi connectivity index (χ0v) is 9.07. The van der Waals surface area contributed by atoms with Crippen molar-refractivity contribution in [3.8, 4) is 11.5 Å². The third kappa shape index (κ3) is 2.60. The quantitative estimate of drug-likeness (QED) is 0.330. The Morgan fingerprint density at radius 3 is 2.07 bits per heavy atom. The molecule has 0 amide bonds. The van der Waals surface area contributed by atoms with Crippen molar-refractivity contribution >= 4 is 5.84 Å². The first kappa shape index (κ1) is 11.3. The van der Waals surface area contributed by atoms with Crippen molar-refractivity contribution in [3.63, 3.8) is 0 Å². The third-order valence-corrected chi connectivity index (χ3v) is 1.99. The van der Waals surface area contributed by atoms with Crippen LogP contribution in [0.25, 0.3) is 0 Å². The summed E-state index contributed by atoms with van der Waals surface area (Å²) in [6.07, 6.45) is 0. The zero-order valence-electron chi connectivity index (χ0n) is 9.07. The molecular formula is C10H15N3O2. The van der Waals surface area contributed by atoms with Gasteiger partial charge in [-0.1, -0.05) is 0 Å². The lowest BCUT2D eigenvalue weighted by molar-refractivity contribution is 0.394. The van der Waals surface area contributed by atoms with Crippen molar-refractivity contribution in [2.45, 2.75) is 0 Å². The average molecular weight is 209 g/mol. The minimum absolute atomic E-state index is 0.576. The van der Waals surface area contributed by atoms with E-state index in [2.05, 4.69) is 10.4 Å². The summed E-state index contributed by atoms with van der Waals surface area (Å²) in [5, 5.41) is 0. The number of benzene rings is 1. The summed E-state index contributed by atoms with van der Waals surface area (Å²) < 4.78 is 10.3. The van der Waals surface area contributed by atoms with Crippen LogP contribution in [0.3, 0.4) is 0 Å². The molecule has 0 fully saturated rings. The molecule has 0 aliphatic carbocycles. The average Bonchev–Trinajstić information content (AvgIpc) is 2.30. The molecule has 0 spiro atoms. The summed E-state index contributed by atoms with van der Waals surface area (Å²) >= 11 is 0. The first-order valence-corrected chi connectivity index (χ1v) is 4.42. The molecule has 0 aliphatic heterocycles. The van der Waals surface area contributed by atoms with Gasteiger partial charge in [0.1, 0.15) is 17.3 Å². The topological polar surface area (TPSA) is 68.9 Å². The standard InChI is InChI=1S/C10H15N3O2/c1-12-10(13-11)7-4-8(14-2)6-9(5-7)15-3/h4-6H,11H2,1-3H3,(H,12,13). The number of ether oxygens (including phenoxy) is 2. The molecule has 15 heavy (non-hydrogen) atoms. The van der Waals surface area contributed by atoms with Gasteiger partial charge in [-0.3, -0.25) is 4.99 Å². The minimum atomic E-state index is 0.576. The Morgan fingerprint density at radius 2 is 1.73 bits per heavy atom. The van der Waals surface area contributed by atoms with Crippen LogP contribution in [0.1, 0.15) is 5.56 Å². The van der Waals surface area contributed by atoms with E-state index in [9.17, 15) is 0 Å². The van der Waals surface area contributed by atoms with Gasteiger partial charge in [-0.2, -0.15) is 0 Å². The number of nitrogens with two attached hydrogens (primary N) is 1. The number of nitrogens with one attached hydrogen (secondary N) is 1. The van der Waals surface area contributed by atoms with Gasteiger partial charge in [-0.05, 0) is 12.1 Å². The lowest BCUT2D eigenvalue weighted by Crippen LogP contribution is -2.30. The fraction of sp³-hybridized carbons (Fsp3) is 0.300. The Morgan fingerprint density at radius 1 is 1.20 bits per heavy atom. The van der Waals surface area contributed by atoms with Gasteiger partial charge in [0, 0.05) is 18.7 Å². The molecule has 3 N–H and O–H groups in total. The molecule has 82 valence electrons. The highest BCUT2D eigenvalue weighted by Crippen LogP contribution is 2.22. The van der Waals surface area contributed by atoms with E-state index in [1.54, 1.807) is 27.3 Å². The van der Waals surface area contributed by atoms with Gasteiger partial charge >= 0.3 is 0 Å². The van der Waals surface area contributed by atoms with Gasteiger partial charge < -0.3 is 14.9 Å². The Bertz CT molecular complexity index is 341. The van der Waals surface area contributed by atoms with Crippen molar-refractivity contribution in [2.75, 3.05) is 21.3 Å². The number of hydrogen-bond donors (Lipinski definition) is 2. The highest BCUT2D eigenvalue weighted by Gasteiger charge is 2.05. The van der Waals surface area contributed by atoms with Crippen LogP contribution in [0.15, 0.2) is 23.2 Å². The lowest BCUT2D eigenvalue weighted by Gasteiger charge is -2.09. The number of methoxy groups -OCH3 is 2. The van der Waals surface area contributed by atoms with E-state index in [1.807, 2.05) is 12.1 Å². The normalized spacial score (nSPS) is 11.1. The molecule has 0 unspecified atom stereocenters. The molecular weight excluding hydrogens is 194 g/mol. The predicted molar refractivity (Wildman–Crippen MR) is 59.3 cm³/mol. The highest BCUT2D eigenvalue weighted by atomic mass is 16.5. The molecule has 0 radical (unpaired) electrons. The van der Waals surface area contributed by atoms with Gasteiger partial charge in [0.15, 0.2) is 0 Å². The summed E-state index contributed by atoms with van der Waals surface area (Å²) in [5.74, 6) is 7.30. The van der Waals surface area contributed by atoms with Crippen LogP contribution in [0, 0.1) is 0 Å². The summed E-state index contributed by atoms with van der Waals surface area (Å²) in [4.78, 5) is 4.00. The van der Waals surface area contributed by atoms with Crippen LogP contribution in [0.4, 0.5) is 0 Å². The fourth-order valence-electron chi connectivity index (χ4n) is 1.22. The van der Waals surface area contributed by atoms with E-state index in [-0.39, 0.29) is 0 Å². The van der Waals surface area contributed by atoms with Gasteiger partial charge in [0.2, 0.25) is 0 Å². The molecule has 0 saturated carbocycles. The third-order valence-electron chi connectivity index (χ3n) is 1.99. The van der Waals surface area contributed by atoms with Gasteiger partial charge in [-0.25, -0.2) is 5.84 Å². The number of rotatable bonds is 3. The van der Waals surface area contributed by atoms with E-state index in [0.717, 1.165) is 5.56 Å². The Kier molecular flexibility index (Phi) is 3.93. The van der Waals surface area contributed by atoms with Crippen LogP contribution >= 0.6 is 0 Å². The molecule has 1 aromatic carbocycles. The van der Waals surface area contributed by atoms with Crippen molar-refractivity contribution < 1.29 is 9.47 Å². The first-order chi connectivity index (χ1) is 7.24.